The molecule has 1 aromatic heterocycles. The topological polar surface area (TPSA) is 64.1 Å². The van der Waals surface area contributed by atoms with E-state index >= 15 is 0 Å². The average Bonchev–Trinajstić information content (AvgIpc) is 3.44. The summed E-state index contributed by atoms with van der Waals surface area (Å²) in [4.78, 5) is 21.4. The van der Waals surface area contributed by atoms with Crippen molar-refractivity contribution in [2.45, 2.75) is 26.7 Å². The second kappa shape index (κ2) is 7.97. The number of allylic oxidation sites excluding steroid dienone is 4. The number of halogens is 2. The molecule has 0 bridgehead atoms. The third-order valence-corrected chi connectivity index (χ3v) is 5.87. The third-order valence-electron chi connectivity index (χ3n) is 5.87. The maximum Gasteiger partial charge on any atom is 0.228 e. The van der Waals surface area contributed by atoms with Gasteiger partial charge >= 0.3 is 0 Å². The molecule has 0 aliphatic heterocycles. The molecule has 1 aromatic carbocycles. The molecule has 1 heterocycles. The molecule has 2 aliphatic rings. The van der Waals surface area contributed by atoms with Crippen LogP contribution in [0.4, 0.5) is 14.5 Å². The Hall–Kier alpha value is -3.09. The number of nitrogens with zero attached hydrogens (tertiary/aromatic N) is 2. The number of carbonyl (C=O) groups is 1. The molecule has 3 atom stereocenters. The van der Waals surface area contributed by atoms with Crippen molar-refractivity contribution in [3.05, 3.63) is 71.9 Å². The molecule has 0 saturated heterocycles. The molecule has 2 aromatic rings. The highest BCUT2D eigenvalue weighted by Crippen LogP contribution is 2.60. The van der Waals surface area contributed by atoms with E-state index in [0.717, 1.165) is 5.69 Å². The van der Waals surface area contributed by atoms with Crippen LogP contribution in [0.5, 0.6) is 5.75 Å². The number of rotatable bonds is 6. The Kier molecular flexibility index (Phi) is 5.37. The lowest BCUT2D eigenvalue weighted by molar-refractivity contribution is -0.118. The van der Waals surface area contributed by atoms with Gasteiger partial charge in [0.2, 0.25) is 5.91 Å². The maximum atomic E-state index is 13.5. The van der Waals surface area contributed by atoms with Crippen molar-refractivity contribution in [2.75, 3.05) is 11.9 Å². The molecular weight excluding hydrogens is 388 g/mol. The van der Waals surface area contributed by atoms with Gasteiger partial charge in [0.05, 0.1) is 18.5 Å². The lowest BCUT2D eigenvalue weighted by Crippen LogP contribution is -2.29. The lowest BCUT2D eigenvalue weighted by atomic mass is 9.82. The van der Waals surface area contributed by atoms with Crippen LogP contribution in [0.3, 0.4) is 0 Å². The minimum Gasteiger partial charge on any atom is -0.489 e. The van der Waals surface area contributed by atoms with Gasteiger partial charge < -0.3 is 10.1 Å². The van der Waals surface area contributed by atoms with Crippen molar-refractivity contribution in [3.8, 4) is 5.75 Å². The highest BCUT2D eigenvalue weighted by Gasteiger charge is 2.62. The number of anilines is 1. The molecule has 1 fully saturated rings. The Balaban J connectivity index is 1.52. The fourth-order valence-electron chi connectivity index (χ4n) is 4.09. The van der Waals surface area contributed by atoms with Crippen LogP contribution >= 0.6 is 0 Å². The van der Waals surface area contributed by atoms with Gasteiger partial charge in [-0.25, -0.2) is 18.7 Å². The van der Waals surface area contributed by atoms with Crippen molar-refractivity contribution in [1.82, 2.24) is 9.97 Å². The van der Waals surface area contributed by atoms with E-state index in [-0.39, 0.29) is 30.2 Å². The van der Waals surface area contributed by atoms with Gasteiger partial charge in [-0.3, -0.25) is 4.79 Å². The molecule has 30 heavy (non-hydrogen) atoms. The summed E-state index contributed by atoms with van der Waals surface area (Å²) < 4.78 is 33.0. The monoisotopic (exact) mass is 411 g/mol. The Morgan fingerprint density at radius 3 is 2.87 bits per heavy atom. The summed E-state index contributed by atoms with van der Waals surface area (Å²) in [6, 6.07) is 5.80. The highest BCUT2D eigenvalue weighted by molar-refractivity contribution is 5.95. The predicted molar refractivity (Wildman–Crippen MR) is 109 cm³/mol. The molecule has 0 spiro atoms. The van der Waals surface area contributed by atoms with Crippen LogP contribution in [-0.2, 0) is 4.79 Å². The zero-order valence-electron chi connectivity index (χ0n) is 16.9. The number of hydrogen-bond donors (Lipinski definition) is 1. The van der Waals surface area contributed by atoms with E-state index in [9.17, 15) is 13.6 Å². The highest BCUT2D eigenvalue weighted by atomic mass is 19.1. The van der Waals surface area contributed by atoms with E-state index in [4.69, 9.17) is 4.74 Å². The number of aromatic nitrogens is 2. The lowest BCUT2D eigenvalue weighted by Gasteiger charge is -2.27. The minimum atomic E-state index is -0.470. The van der Waals surface area contributed by atoms with Gasteiger partial charge in [0.1, 0.15) is 17.5 Å². The van der Waals surface area contributed by atoms with Gasteiger partial charge in [0.15, 0.2) is 5.75 Å². The van der Waals surface area contributed by atoms with Gasteiger partial charge in [-0.1, -0.05) is 12.1 Å². The molecule has 2 aliphatic carbocycles. The average molecular weight is 411 g/mol. The molecule has 1 saturated carbocycles. The summed E-state index contributed by atoms with van der Waals surface area (Å²) >= 11 is 0. The number of hydrogen-bond acceptors (Lipinski definition) is 4. The van der Waals surface area contributed by atoms with Crippen molar-refractivity contribution in [3.63, 3.8) is 0 Å². The van der Waals surface area contributed by atoms with Crippen molar-refractivity contribution >= 4 is 11.6 Å². The molecule has 156 valence electrons. The first-order valence-corrected chi connectivity index (χ1v) is 9.91. The summed E-state index contributed by atoms with van der Waals surface area (Å²) in [7, 11) is 0. The smallest absolute Gasteiger partial charge is 0.228 e. The first kappa shape index (κ1) is 20.2. The van der Waals surface area contributed by atoms with E-state index < -0.39 is 11.2 Å². The van der Waals surface area contributed by atoms with Gasteiger partial charge in [0, 0.05) is 17.0 Å². The quantitative estimate of drug-likeness (QED) is 0.749. The maximum absolute atomic E-state index is 13.5. The predicted octanol–water partition coefficient (Wildman–Crippen LogP) is 4.69. The minimum absolute atomic E-state index is 0.0352. The molecular formula is C23H23F2N3O2. The molecule has 1 amide bonds. The molecule has 0 radical (unpaired) electrons. The van der Waals surface area contributed by atoms with Gasteiger partial charge in [-0.15, -0.1) is 0 Å². The van der Waals surface area contributed by atoms with Crippen LogP contribution in [0.1, 0.15) is 24.4 Å². The van der Waals surface area contributed by atoms with Crippen LogP contribution in [0.25, 0.3) is 0 Å². The number of benzene rings is 1. The summed E-state index contributed by atoms with van der Waals surface area (Å²) in [6.45, 7) is 3.93. The Labute approximate surface area is 173 Å². The zero-order valence-corrected chi connectivity index (χ0v) is 16.9. The number of aryl methyl sites for hydroxylation is 2. The van der Waals surface area contributed by atoms with Crippen LogP contribution < -0.4 is 10.1 Å². The first-order chi connectivity index (χ1) is 14.4. The number of amides is 1. The van der Waals surface area contributed by atoms with E-state index in [1.807, 2.05) is 13.0 Å². The van der Waals surface area contributed by atoms with Gasteiger partial charge in [0.25, 0.3) is 0 Å². The Morgan fingerprint density at radius 1 is 1.33 bits per heavy atom. The van der Waals surface area contributed by atoms with Crippen LogP contribution in [0.2, 0.25) is 0 Å². The largest absolute Gasteiger partial charge is 0.489 e. The van der Waals surface area contributed by atoms with Crippen LogP contribution in [0.15, 0.2) is 54.5 Å². The zero-order chi connectivity index (χ0) is 21.3. The van der Waals surface area contributed by atoms with Crippen LogP contribution in [-0.4, -0.2) is 22.5 Å². The Morgan fingerprint density at radius 2 is 2.17 bits per heavy atom. The second-order valence-corrected chi connectivity index (χ2v) is 7.94. The third kappa shape index (κ3) is 4.10. The van der Waals surface area contributed by atoms with Gasteiger partial charge in [-0.05, 0) is 63.0 Å². The second-order valence-electron chi connectivity index (χ2n) is 7.94. The van der Waals surface area contributed by atoms with E-state index in [1.54, 1.807) is 25.3 Å². The Bertz CT molecular complexity index is 1040. The van der Waals surface area contributed by atoms with Crippen molar-refractivity contribution in [2.24, 2.45) is 17.3 Å². The summed E-state index contributed by atoms with van der Waals surface area (Å²) in [5, 5.41) is 2.79. The SMILES string of the molecule is Cc1ncc(OC[C@@]2(C3C=CC(F)=CC3)C[C@H]2C(=O)Nc2cccc(F)c2)c(C)n1. The summed E-state index contributed by atoms with van der Waals surface area (Å²) in [6.07, 6.45) is 7.52. The molecule has 1 unspecified atom stereocenters. The number of ether oxygens (including phenoxy) is 1. The van der Waals surface area contributed by atoms with Crippen molar-refractivity contribution < 1.29 is 18.3 Å². The van der Waals surface area contributed by atoms with E-state index in [0.29, 0.717) is 30.1 Å². The molecule has 7 heteroatoms. The van der Waals surface area contributed by atoms with Gasteiger partial charge in [-0.2, -0.15) is 0 Å². The normalized spacial score (nSPS) is 24.9. The molecule has 5 nitrogen and oxygen atoms in total. The van der Waals surface area contributed by atoms with E-state index in [2.05, 4.69) is 15.3 Å². The van der Waals surface area contributed by atoms with Crippen LogP contribution in [0, 0.1) is 36.9 Å². The number of nitrogens with one attached hydrogen (secondary N) is 1. The summed E-state index contributed by atoms with van der Waals surface area (Å²) in [5.41, 5.74) is 0.668. The van der Waals surface area contributed by atoms with Crippen molar-refractivity contribution in [1.29, 1.82) is 0 Å². The molecule has 1 N–H and O–H groups in total. The standard InChI is InChI=1S/C23H23F2N3O2/c1-14-21(12-26-15(2)27-14)30-13-23(16-6-8-17(24)9-7-16)11-20(23)22(29)28-19-5-3-4-18(25)10-19/h3-6,8-10,12,16,20H,7,11,13H2,1-2H3,(H,28,29)/t16?,20-,23+/m0/s1. The van der Waals surface area contributed by atoms with E-state index in [1.165, 1.54) is 24.3 Å². The number of carbonyl (C=O) groups excluding carboxylic acids is 1. The first-order valence-electron chi connectivity index (χ1n) is 9.91. The fraction of sp³-hybridized carbons (Fsp3) is 0.348. The molecule has 4 rings (SSSR count). The fourth-order valence-corrected chi connectivity index (χ4v) is 4.09. The summed E-state index contributed by atoms with van der Waals surface area (Å²) in [5.74, 6) is -0.00898.